The molecule has 0 saturated carbocycles. The second-order valence-electron chi connectivity index (χ2n) is 6.12. The third-order valence-electron chi connectivity index (χ3n) is 3.03. The van der Waals surface area contributed by atoms with Gasteiger partial charge in [0.2, 0.25) is 0 Å². The van der Waals surface area contributed by atoms with Crippen molar-refractivity contribution in [2.45, 2.75) is 58.7 Å². The average molecular weight is 236 g/mol. The Labute approximate surface area is 104 Å². The van der Waals surface area contributed by atoms with Crippen molar-refractivity contribution in [3.05, 3.63) is 34.9 Å². The highest BCUT2D eigenvalue weighted by Gasteiger charge is 2.23. The Morgan fingerprint density at radius 3 is 1.41 bits per heavy atom. The van der Waals surface area contributed by atoms with E-state index < -0.39 is 11.2 Å². The van der Waals surface area contributed by atoms with Gasteiger partial charge in [-0.3, -0.25) is 0 Å². The van der Waals surface area contributed by atoms with Crippen LogP contribution in [0.25, 0.3) is 0 Å². The van der Waals surface area contributed by atoms with Gasteiger partial charge in [-0.1, -0.05) is 32.0 Å². The zero-order valence-corrected chi connectivity index (χ0v) is 11.7. The summed E-state index contributed by atoms with van der Waals surface area (Å²) < 4.78 is 0. The molecule has 0 atom stereocenters. The van der Waals surface area contributed by atoms with Crippen LogP contribution in [0.2, 0.25) is 0 Å². The SMILES string of the molecule is CC(C)c1cc(C(C)(C)O)cc(C(C)(C)O)c1. The van der Waals surface area contributed by atoms with Crippen LogP contribution in [0, 0.1) is 0 Å². The van der Waals surface area contributed by atoms with Gasteiger partial charge >= 0.3 is 0 Å². The fourth-order valence-electron chi connectivity index (χ4n) is 1.69. The molecule has 1 aromatic carbocycles. The first-order valence-corrected chi connectivity index (χ1v) is 6.12. The summed E-state index contributed by atoms with van der Waals surface area (Å²) in [7, 11) is 0. The lowest BCUT2D eigenvalue weighted by atomic mass is 9.86. The molecule has 2 heteroatoms. The lowest BCUT2D eigenvalue weighted by Crippen LogP contribution is -2.21. The van der Waals surface area contributed by atoms with Crippen LogP contribution in [0.5, 0.6) is 0 Å². The fraction of sp³-hybridized carbons (Fsp3) is 0.600. The van der Waals surface area contributed by atoms with Gasteiger partial charge in [-0.2, -0.15) is 0 Å². The molecule has 0 amide bonds. The Kier molecular flexibility index (Phi) is 3.70. The van der Waals surface area contributed by atoms with E-state index in [2.05, 4.69) is 13.8 Å². The summed E-state index contributed by atoms with van der Waals surface area (Å²) in [6, 6.07) is 5.91. The molecule has 96 valence electrons. The van der Waals surface area contributed by atoms with Crippen LogP contribution < -0.4 is 0 Å². The predicted octanol–water partition coefficient (Wildman–Crippen LogP) is 3.26. The molecular formula is C15H24O2. The maximum absolute atomic E-state index is 10.1. The van der Waals surface area contributed by atoms with Crippen molar-refractivity contribution in [3.63, 3.8) is 0 Å². The number of hydrogen-bond donors (Lipinski definition) is 2. The van der Waals surface area contributed by atoms with Gasteiger partial charge in [-0.15, -0.1) is 0 Å². The van der Waals surface area contributed by atoms with E-state index in [1.54, 1.807) is 27.7 Å². The summed E-state index contributed by atoms with van der Waals surface area (Å²) in [5.74, 6) is 0.374. The minimum atomic E-state index is -0.884. The Bertz CT molecular complexity index is 360. The molecule has 0 saturated heterocycles. The molecule has 17 heavy (non-hydrogen) atoms. The van der Waals surface area contributed by atoms with Crippen LogP contribution >= 0.6 is 0 Å². The standard InChI is InChI=1S/C15H24O2/c1-10(2)11-7-12(14(3,4)16)9-13(8-11)15(5,6)17/h7-10,16-17H,1-6H3. The van der Waals surface area contributed by atoms with Crippen LogP contribution in [-0.2, 0) is 11.2 Å². The van der Waals surface area contributed by atoms with Crippen LogP contribution in [0.15, 0.2) is 18.2 Å². The van der Waals surface area contributed by atoms with Gasteiger partial charge in [0.15, 0.2) is 0 Å². The van der Waals surface area contributed by atoms with Crippen molar-refractivity contribution in [1.82, 2.24) is 0 Å². The molecule has 2 N–H and O–H groups in total. The summed E-state index contributed by atoms with van der Waals surface area (Å²) in [5.41, 5.74) is 1.07. The van der Waals surface area contributed by atoms with Gasteiger partial charge < -0.3 is 10.2 Å². The van der Waals surface area contributed by atoms with Crippen molar-refractivity contribution in [2.24, 2.45) is 0 Å². The highest BCUT2D eigenvalue weighted by Crippen LogP contribution is 2.30. The summed E-state index contributed by atoms with van der Waals surface area (Å²) >= 11 is 0. The molecule has 0 aliphatic heterocycles. The summed E-state index contributed by atoms with van der Waals surface area (Å²) in [6.07, 6.45) is 0. The highest BCUT2D eigenvalue weighted by atomic mass is 16.3. The Morgan fingerprint density at radius 1 is 0.824 bits per heavy atom. The molecule has 1 aromatic rings. The van der Waals surface area contributed by atoms with E-state index in [0.717, 1.165) is 16.7 Å². The van der Waals surface area contributed by atoms with E-state index in [0.29, 0.717) is 5.92 Å². The molecule has 0 aliphatic rings. The van der Waals surface area contributed by atoms with Gasteiger partial charge in [0.1, 0.15) is 0 Å². The largest absolute Gasteiger partial charge is 0.386 e. The maximum Gasteiger partial charge on any atom is 0.0840 e. The molecular weight excluding hydrogens is 212 g/mol. The highest BCUT2D eigenvalue weighted by molar-refractivity contribution is 5.37. The van der Waals surface area contributed by atoms with E-state index in [1.807, 2.05) is 18.2 Å². The van der Waals surface area contributed by atoms with Gasteiger partial charge in [0, 0.05) is 0 Å². The lowest BCUT2D eigenvalue weighted by Gasteiger charge is -2.25. The molecule has 2 nitrogen and oxygen atoms in total. The van der Waals surface area contributed by atoms with Crippen molar-refractivity contribution < 1.29 is 10.2 Å². The molecule has 0 bridgehead atoms. The third-order valence-corrected chi connectivity index (χ3v) is 3.03. The second-order valence-corrected chi connectivity index (χ2v) is 6.12. The van der Waals surface area contributed by atoms with E-state index >= 15 is 0 Å². The molecule has 0 aromatic heterocycles. The van der Waals surface area contributed by atoms with E-state index in [4.69, 9.17) is 0 Å². The Morgan fingerprint density at radius 2 is 1.18 bits per heavy atom. The monoisotopic (exact) mass is 236 g/mol. The number of benzene rings is 1. The first kappa shape index (κ1) is 14.2. The van der Waals surface area contributed by atoms with Crippen LogP contribution in [0.3, 0.4) is 0 Å². The number of rotatable bonds is 3. The minimum Gasteiger partial charge on any atom is -0.386 e. The van der Waals surface area contributed by atoms with Gasteiger partial charge in [-0.05, 0) is 50.3 Å². The van der Waals surface area contributed by atoms with Crippen molar-refractivity contribution >= 4 is 0 Å². The minimum absolute atomic E-state index is 0.374. The number of hydrogen-bond acceptors (Lipinski definition) is 2. The topological polar surface area (TPSA) is 40.5 Å². The van der Waals surface area contributed by atoms with Crippen molar-refractivity contribution in [3.8, 4) is 0 Å². The summed E-state index contributed by atoms with van der Waals surface area (Å²) in [4.78, 5) is 0. The second kappa shape index (κ2) is 4.43. The molecule has 0 aliphatic carbocycles. The van der Waals surface area contributed by atoms with Crippen molar-refractivity contribution in [2.75, 3.05) is 0 Å². The normalized spacial score (nSPS) is 13.2. The van der Waals surface area contributed by atoms with E-state index in [1.165, 1.54) is 0 Å². The average Bonchev–Trinajstić information content (AvgIpc) is 2.14. The van der Waals surface area contributed by atoms with Gasteiger partial charge in [0.05, 0.1) is 11.2 Å². The molecule has 0 heterocycles. The van der Waals surface area contributed by atoms with Crippen LogP contribution in [-0.4, -0.2) is 10.2 Å². The van der Waals surface area contributed by atoms with Gasteiger partial charge in [-0.25, -0.2) is 0 Å². The molecule has 0 unspecified atom stereocenters. The fourth-order valence-corrected chi connectivity index (χ4v) is 1.69. The Balaban J connectivity index is 3.40. The lowest BCUT2D eigenvalue weighted by molar-refractivity contribution is 0.0716. The van der Waals surface area contributed by atoms with Crippen molar-refractivity contribution in [1.29, 1.82) is 0 Å². The smallest absolute Gasteiger partial charge is 0.0840 e. The quantitative estimate of drug-likeness (QED) is 0.845. The first-order chi connectivity index (χ1) is 7.51. The van der Waals surface area contributed by atoms with E-state index in [-0.39, 0.29) is 0 Å². The molecule has 0 fully saturated rings. The zero-order valence-electron chi connectivity index (χ0n) is 11.7. The maximum atomic E-state index is 10.1. The molecule has 1 rings (SSSR count). The predicted molar refractivity (Wildman–Crippen MR) is 71.0 cm³/mol. The summed E-state index contributed by atoms with van der Waals surface area (Å²) in [6.45, 7) is 11.3. The number of aliphatic hydroxyl groups is 2. The zero-order chi connectivity index (χ0) is 13.4. The molecule has 0 radical (unpaired) electrons. The van der Waals surface area contributed by atoms with Crippen LogP contribution in [0.4, 0.5) is 0 Å². The Hall–Kier alpha value is -0.860. The third kappa shape index (κ3) is 3.55. The first-order valence-electron chi connectivity index (χ1n) is 6.12. The summed E-state index contributed by atoms with van der Waals surface area (Å²) in [5, 5.41) is 20.2. The van der Waals surface area contributed by atoms with E-state index in [9.17, 15) is 10.2 Å². The van der Waals surface area contributed by atoms with Crippen LogP contribution in [0.1, 0.15) is 64.2 Å². The van der Waals surface area contributed by atoms with Gasteiger partial charge in [0.25, 0.3) is 0 Å². The molecule has 0 spiro atoms.